The molecule has 0 bridgehead atoms. The lowest BCUT2D eigenvalue weighted by atomic mass is 10.2. The number of rotatable bonds is 4. The van der Waals surface area contributed by atoms with E-state index >= 15 is 0 Å². The van der Waals surface area contributed by atoms with Crippen LogP contribution in [0.2, 0.25) is 0 Å². The normalized spacial score (nSPS) is 11.0. The smallest absolute Gasteiger partial charge is 0.335 e. The molecule has 0 spiro atoms. The van der Waals surface area contributed by atoms with E-state index in [0.717, 1.165) is 15.9 Å². The number of aliphatic imine (C=N–C) groups is 1. The molecule has 0 atom stereocenters. The molecule has 0 radical (unpaired) electrons. The lowest BCUT2D eigenvalue weighted by molar-refractivity contribution is 0.0697. The van der Waals surface area contributed by atoms with Gasteiger partial charge < -0.3 is 9.67 Å². The third-order valence-corrected chi connectivity index (χ3v) is 3.87. The van der Waals surface area contributed by atoms with Crippen LogP contribution in [-0.4, -0.2) is 21.9 Å². The third-order valence-electron chi connectivity index (χ3n) is 3.35. The summed E-state index contributed by atoms with van der Waals surface area (Å²) in [6.07, 6.45) is 3.73. The van der Waals surface area contributed by atoms with Crippen molar-refractivity contribution in [1.29, 1.82) is 0 Å². The molecule has 0 saturated carbocycles. The summed E-state index contributed by atoms with van der Waals surface area (Å²) in [5.41, 5.74) is 2.94. The van der Waals surface area contributed by atoms with Gasteiger partial charge >= 0.3 is 5.97 Å². The Morgan fingerprint density at radius 1 is 1.04 bits per heavy atom. The Labute approximate surface area is 141 Å². The van der Waals surface area contributed by atoms with E-state index in [2.05, 4.69) is 20.9 Å². The highest BCUT2D eigenvalue weighted by Gasteiger charge is 2.02. The fourth-order valence-corrected chi connectivity index (χ4v) is 2.43. The Kier molecular flexibility index (Phi) is 4.39. The van der Waals surface area contributed by atoms with Gasteiger partial charge in [0.1, 0.15) is 0 Å². The topological polar surface area (TPSA) is 54.6 Å². The number of benzene rings is 2. The van der Waals surface area contributed by atoms with E-state index in [-0.39, 0.29) is 5.56 Å². The monoisotopic (exact) mass is 368 g/mol. The molecule has 3 aromatic rings. The number of hydrogen-bond acceptors (Lipinski definition) is 2. The largest absolute Gasteiger partial charge is 0.478 e. The molecule has 1 aromatic heterocycles. The molecule has 0 aliphatic heterocycles. The summed E-state index contributed by atoms with van der Waals surface area (Å²) >= 11 is 3.43. The number of hydrogen-bond donors (Lipinski definition) is 1. The molecule has 1 N–H and O–H groups in total. The minimum Gasteiger partial charge on any atom is -0.478 e. The van der Waals surface area contributed by atoms with Crippen LogP contribution < -0.4 is 0 Å². The van der Waals surface area contributed by atoms with Crippen molar-refractivity contribution in [3.63, 3.8) is 0 Å². The van der Waals surface area contributed by atoms with Crippen LogP contribution in [0.1, 0.15) is 16.1 Å². The molecule has 5 heteroatoms. The summed E-state index contributed by atoms with van der Waals surface area (Å²) in [5.74, 6) is -0.940. The second-order valence-electron chi connectivity index (χ2n) is 4.89. The van der Waals surface area contributed by atoms with E-state index in [1.807, 2.05) is 47.2 Å². The number of carboxylic acid groups (broad SMARTS) is 1. The molecule has 0 saturated heterocycles. The number of aromatic carboxylic acids is 1. The number of carbonyl (C=O) groups is 1. The molecule has 114 valence electrons. The van der Waals surface area contributed by atoms with Gasteiger partial charge in [0.2, 0.25) is 0 Å². The van der Waals surface area contributed by atoms with Crippen molar-refractivity contribution in [1.82, 2.24) is 4.57 Å². The SMILES string of the molecule is O=C(O)c1ccc(N=Cc2cccn2-c2ccc(Br)cc2)cc1. The molecule has 0 aliphatic carbocycles. The molecule has 4 nitrogen and oxygen atoms in total. The quantitative estimate of drug-likeness (QED) is 0.679. The summed E-state index contributed by atoms with van der Waals surface area (Å²) in [5, 5.41) is 8.89. The zero-order valence-electron chi connectivity index (χ0n) is 12.1. The first-order chi connectivity index (χ1) is 11.1. The Hall–Kier alpha value is -2.66. The van der Waals surface area contributed by atoms with E-state index in [0.29, 0.717) is 5.69 Å². The second kappa shape index (κ2) is 6.62. The number of carboxylic acids is 1. The third kappa shape index (κ3) is 3.57. The van der Waals surface area contributed by atoms with Crippen molar-refractivity contribution < 1.29 is 9.90 Å². The van der Waals surface area contributed by atoms with Crippen molar-refractivity contribution in [2.45, 2.75) is 0 Å². The van der Waals surface area contributed by atoms with Gasteiger partial charge in [-0.15, -0.1) is 0 Å². The number of aromatic nitrogens is 1. The molecule has 0 amide bonds. The van der Waals surface area contributed by atoms with Crippen LogP contribution in [0.3, 0.4) is 0 Å². The zero-order valence-corrected chi connectivity index (χ0v) is 13.6. The van der Waals surface area contributed by atoms with Crippen molar-refractivity contribution in [3.05, 3.63) is 82.6 Å². The lowest BCUT2D eigenvalue weighted by Gasteiger charge is -2.06. The molecule has 0 aliphatic rings. The Morgan fingerprint density at radius 2 is 1.74 bits per heavy atom. The van der Waals surface area contributed by atoms with Gasteiger partial charge in [0.25, 0.3) is 0 Å². The molecule has 0 unspecified atom stereocenters. The van der Waals surface area contributed by atoms with E-state index < -0.39 is 5.97 Å². The molecule has 23 heavy (non-hydrogen) atoms. The van der Waals surface area contributed by atoms with Crippen LogP contribution in [0, 0.1) is 0 Å². The second-order valence-corrected chi connectivity index (χ2v) is 5.81. The van der Waals surface area contributed by atoms with Crippen molar-refractivity contribution in [2.24, 2.45) is 4.99 Å². The predicted octanol–water partition coefficient (Wildman–Crippen LogP) is 4.69. The fraction of sp³-hybridized carbons (Fsp3) is 0. The minimum atomic E-state index is -0.940. The first kappa shape index (κ1) is 15.2. The lowest BCUT2D eigenvalue weighted by Crippen LogP contribution is -1.97. The Balaban J connectivity index is 1.84. The molecular formula is C18H13BrN2O2. The summed E-state index contributed by atoms with van der Waals surface area (Å²) in [7, 11) is 0. The van der Waals surface area contributed by atoms with Crippen molar-refractivity contribution in [3.8, 4) is 5.69 Å². The van der Waals surface area contributed by atoms with E-state index in [9.17, 15) is 4.79 Å². The molecular weight excluding hydrogens is 356 g/mol. The average molecular weight is 369 g/mol. The van der Waals surface area contributed by atoms with Gasteiger partial charge in [-0.3, -0.25) is 4.99 Å². The number of halogens is 1. The van der Waals surface area contributed by atoms with Crippen molar-refractivity contribution in [2.75, 3.05) is 0 Å². The standard InChI is InChI=1S/C18H13BrN2O2/c19-14-5-9-16(10-6-14)21-11-1-2-17(21)12-20-15-7-3-13(4-8-15)18(22)23/h1-12H,(H,22,23). The van der Waals surface area contributed by atoms with Crippen LogP contribution in [0.15, 0.2) is 76.3 Å². The summed E-state index contributed by atoms with van der Waals surface area (Å²) in [4.78, 5) is 15.2. The van der Waals surface area contributed by atoms with Gasteiger partial charge in [-0.05, 0) is 60.7 Å². The minimum absolute atomic E-state index is 0.252. The van der Waals surface area contributed by atoms with Gasteiger partial charge in [-0.25, -0.2) is 4.79 Å². The Morgan fingerprint density at radius 3 is 2.39 bits per heavy atom. The maximum Gasteiger partial charge on any atom is 0.335 e. The molecule has 1 heterocycles. The van der Waals surface area contributed by atoms with E-state index in [1.165, 1.54) is 0 Å². The van der Waals surface area contributed by atoms with Crippen LogP contribution in [0.25, 0.3) is 5.69 Å². The van der Waals surface area contributed by atoms with Gasteiger partial charge in [0, 0.05) is 16.4 Å². The molecule has 0 fully saturated rings. The average Bonchev–Trinajstić information content (AvgIpc) is 3.02. The summed E-state index contributed by atoms with van der Waals surface area (Å²) in [6, 6.07) is 18.4. The van der Waals surface area contributed by atoms with Crippen LogP contribution >= 0.6 is 15.9 Å². The van der Waals surface area contributed by atoms with Gasteiger partial charge in [0.15, 0.2) is 0 Å². The van der Waals surface area contributed by atoms with Crippen LogP contribution in [0.4, 0.5) is 5.69 Å². The first-order valence-electron chi connectivity index (χ1n) is 6.94. The van der Waals surface area contributed by atoms with Crippen molar-refractivity contribution >= 4 is 33.8 Å². The number of nitrogens with zero attached hydrogens (tertiary/aromatic N) is 2. The van der Waals surface area contributed by atoms with Gasteiger partial charge in [-0.2, -0.15) is 0 Å². The highest BCUT2D eigenvalue weighted by Crippen LogP contribution is 2.17. The summed E-state index contributed by atoms with van der Waals surface area (Å²) in [6.45, 7) is 0. The first-order valence-corrected chi connectivity index (χ1v) is 7.73. The van der Waals surface area contributed by atoms with E-state index in [4.69, 9.17) is 5.11 Å². The Bertz CT molecular complexity index is 849. The molecule has 3 rings (SSSR count). The molecule has 2 aromatic carbocycles. The summed E-state index contributed by atoms with van der Waals surface area (Å²) < 4.78 is 3.06. The highest BCUT2D eigenvalue weighted by atomic mass is 79.9. The highest BCUT2D eigenvalue weighted by molar-refractivity contribution is 9.10. The fourth-order valence-electron chi connectivity index (χ4n) is 2.17. The zero-order chi connectivity index (χ0) is 16.2. The van der Waals surface area contributed by atoms with Gasteiger partial charge in [0.05, 0.1) is 23.2 Å². The van der Waals surface area contributed by atoms with Crippen LogP contribution in [-0.2, 0) is 0 Å². The predicted molar refractivity (Wildman–Crippen MR) is 94.1 cm³/mol. The maximum absolute atomic E-state index is 10.8. The maximum atomic E-state index is 10.8. The van der Waals surface area contributed by atoms with Gasteiger partial charge in [-0.1, -0.05) is 15.9 Å². The van der Waals surface area contributed by atoms with Crippen LogP contribution in [0.5, 0.6) is 0 Å². The van der Waals surface area contributed by atoms with E-state index in [1.54, 1.807) is 30.5 Å².